The van der Waals surface area contributed by atoms with E-state index in [1.807, 2.05) is 13.8 Å². The fourth-order valence-corrected chi connectivity index (χ4v) is 5.64. The van der Waals surface area contributed by atoms with Gasteiger partial charge in [-0.1, -0.05) is 60.5 Å². The topological polar surface area (TPSA) is 130 Å². The number of nitro groups is 1. The van der Waals surface area contributed by atoms with Crippen molar-refractivity contribution in [2.75, 3.05) is 10.8 Å². The van der Waals surface area contributed by atoms with Crippen LogP contribution in [0.4, 0.5) is 11.4 Å². The van der Waals surface area contributed by atoms with E-state index in [2.05, 4.69) is 5.32 Å². The molecule has 0 unspecified atom stereocenters. The first-order valence-corrected chi connectivity index (χ1v) is 14.9. The standard InChI is InChI=1S/C28H30Cl2N4O6S/c1-4-19(2)31-28(36)20(3)32(17-21-13-14-25(29)26(30)15-21)27(35)18-33(22-9-8-10-23(16-22)34(37)38)41(39,40)24-11-6-5-7-12-24/h5-16,19-20H,4,17-18H2,1-3H3,(H,31,36)/t19-,20+/m1/s1. The smallest absolute Gasteiger partial charge is 0.271 e. The number of halogens is 2. The molecule has 0 spiro atoms. The molecule has 0 bridgehead atoms. The molecule has 2 amide bonds. The molecule has 0 heterocycles. The predicted molar refractivity (Wildman–Crippen MR) is 158 cm³/mol. The molecule has 0 aliphatic carbocycles. The van der Waals surface area contributed by atoms with E-state index in [1.165, 1.54) is 54.3 Å². The van der Waals surface area contributed by atoms with Crippen molar-refractivity contribution < 1.29 is 22.9 Å². The molecule has 0 aromatic heterocycles. The van der Waals surface area contributed by atoms with Gasteiger partial charge in [0, 0.05) is 24.7 Å². The number of carbonyl (C=O) groups excluding carboxylic acids is 2. The minimum absolute atomic E-state index is 0.0809. The molecule has 41 heavy (non-hydrogen) atoms. The van der Waals surface area contributed by atoms with Crippen LogP contribution in [-0.4, -0.2) is 48.7 Å². The number of benzene rings is 3. The van der Waals surface area contributed by atoms with Crippen LogP contribution in [0.2, 0.25) is 10.0 Å². The fraction of sp³-hybridized carbons (Fsp3) is 0.286. The van der Waals surface area contributed by atoms with Crippen molar-refractivity contribution in [3.63, 3.8) is 0 Å². The summed E-state index contributed by atoms with van der Waals surface area (Å²) < 4.78 is 28.4. The Morgan fingerprint density at radius 3 is 2.27 bits per heavy atom. The van der Waals surface area contributed by atoms with Crippen molar-refractivity contribution in [3.8, 4) is 0 Å². The number of nitrogens with zero attached hydrogens (tertiary/aromatic N) is 3. The Hall–Kier alpha value is -3.67. The van der Waals surface area contributed by atoms with E-state index >= 15 is 0 Å². The number of anilines is 1. The maximum atomic E-state index is 13.9. The number of non-ortho nitro benzene ring substituents is 1. The zero-order valence-corrected chi connectivity index (χ0v) is 25.0. The Morgan fingerprint density at radius 1 is 0.976 bits per heavy atom. The van der Waals surface area contributed by atoms with Gasteiger partial charge < -0.3 is 10.2 Å². The third kappa shape index (κ3) is 7.96. The van der Waals surface area contributed by atoms with Crippen LogP contribution >= 0.6 is 23.2 Å². The van der Waals surface area contributed by atoms with E-state index in [1.54, 1.807) is 24.3 Å². The molecule has 13 heteroatoms. The number of rotatable bonds is 12. The van der Waals surface area contributed by atoms with Gasteiger partial charge in [-0.2, -0.15) is 0 Å². The van der Waals surface area contributed by atoms with Gasteiger partial charge in [-0.15, -0.1) is 0 Å². The molecule has 3 rings (SSSR count). The molecule has 0 aliphatic heterocycles. The Bertz CT molecular complexity index is 1520. The van der Waals surface area contributed by atoms with Crippen LogP contribution in [-0.2, 0) is 26.2 Å². The van der Waals surface area contributed by atoms with Gasteiger partial charge in [0.05, 0.1) is 25.6 Å². The average Bonchev–Trinajstić information content (AvgIpc) is 2.96. The van der Waals surface area contributed by atoms with Crippen LogP contribution < -0.4 is 9.62 Å². The molecular weight excluding hydrogens is 591 g/mol. The summed E-state index contributed by atoms with van der Waals surface area (Å²) in [4.78, 5) is 39.0. The van der Waals surface area contributed by atoms with Crippen molar-refractivity contribution >= 4 is 56.4 Å². The number of hydrogen-bond donors (Lipinski definition) is 1. The number of carbonyl (C=O) groups is 2. The van der Waals surface area contributed by atoms with Crippen molar-refractivity contribution in [2.45, 2.75) is 50.7 Å². The first kappa shape index (κ1) is 31.9. The molecule has 10 nitrogen and oxygen atoms in total. The summed E-state index contributed by atoms with van der Waals surface area (Å²) in [7, 11) is -4.36. The predicted octanol–water partition coefficient (Wildman–Crippen LogP) is 5.43. The molecule has 2 atom stereocenters. The summed E-state index contributed by atoms with van der Waals surface area (Å²) >= 11 is 12.2. The molecule has 3 aromatic carbocycles. The normalized spacial score (nSPS) is 12.7. The second-order valence-corrected chi connectivity index (χ2v) is 12.0. The molecule has 0 radical (unpaired) electrons. The van der Waals surface area contributed by atoms with Gasteiger partial charge in [-0.05, 0) is 56.2 Å². The van der Waals surface area contributed by atoms with Gasteiger partial charge in [0.15, 0.2) is 0 Å². The van der Waals surface area contributed by atoms with Crippen LogP contribution in [0, 0.1) is 10.1 Å². The third-order valence-corrected chi connectivity index (χ3v) is 8.97. The lowest BCUT2D eigenvalue weighted by Crippen LogP contribution is -2.52. The Balaban J connectivity index is 2.07. The van der Waals surface area contributed by atoms with E-state index < -0.39 is 39.3 Å². The molecule has 0 aliphatic rings. The van der Waals surface area contributed by atoms with Crippen LogP contribution in [0.3, 0.4) is 0 Å². The lowest BCUT2D eigenvalue weighted by Gasteiger charge is -2.32. The van der Waals surface area contributed by atoms with Gasteiger partial charge in [-0.3, -0.25) is 24.0 Å². The van der Waals surface area contributed by atoms with Gasteiger partial charge in [0.25, 0.3) is 15.7 Å². The summed E-state index contributed by atoms with van der Waals surface area (Å²) in [5.41, 5.74) is 0.128. The van der Waals surface area contributed by atoms with Gasteiger partial charge >= 0.3 is 0 Å². The lowest BCUT2D eigenvalue weighted by molar-refractivity contribution is -0.384. The van der Waals surface area contributed by atoms with Crippen LogP contribution in [0.15, 0.2) is 77.7 Å². The highest BCUT2D eigenvalue weighted by atomic mass is 35.5. The number of nitro benzene ring substituents is 1. The largest absolute Gasteiger partial charge is 0.352 e. The van der Waals surface area contributed by atoms with Crippen molar-refractivity contribution in [1.29, 1.82) is 0 Å². The molecule has 3 aromatic rings. The van der Waals surface area contributed by atoms with Gasteiger partial charge in [-0.25, -0.2) is 8.42 Å². The van der Waals surface area contributed by atoms with E-state index in [-0.39, 0.29) is 33.9 Å². The molecule has 218 valence electrons. The lowest BCUT2D eigenvalue weighted by atomic mass is 10.1. The Morgan fingerprint density at radius 2 is 1.66 bits per heavy atom. The summed E-state index contributed by atoms with van der Waals surface area (Å²) in [6.07, 6.45) is 0.662. The molecule has 0 saturated heterocycles. The van der Waals surface area contributed by atoms with Crippen LogP contribution in [0.5, 0.6) is 0 Å². The Labute approximate surface area is 249 Å². The number of sulfonamides is 1. The van der Waals surface area contributed by atoms with Crippen molar-refractivity contribution in [2.24, 2.45) is 0 Å². The maximum absolute atomic E-state index is 13.9. The zero-order chi connectivity index (χ0) is 30.3. The van der Waals surface area contributed by atoms with Gasteiger partial charge in [0.2, 0.25) is 11.8 Å². The molecule has 0 fully saturated rings. The summed E-state index contributed by atoms with van der Waals surface area (Å²) in [6.45, 7) is 4.45. The first-order valence-electron chi connectivity index (χ1n) is 12.7. The van der Waals surface area contributed by atoms with Crippen LogP contribution in [0.25, 0.3) is 0 Å². The van der Waals surface area contributed by atoms with Crippen molar-refractivity contribution in [1.82, 2.24) is 10.2 Å². The SMILES string of the molecule is CC[C@@H](C)NC(=O)[C@H](C)N(Cc1ccc(Cl)c(Cl)c1)C(=O)CN(c1cccc([N+](=O)[O-])c1)S(=O)(=O)c1ccccc1. The number of nitrogens with one attached hydrogen (secondary N) is 1. The quantitative estimate of drug-likeness (QED) is 0.212. The second-order valence-electron chi connectivity index (χ2n) is 9.37. The second kappa shape index (κ2) is 13.8. The number of hydrogen-bond acceptors (Lipinski definition) is 6. The molecule has 1 N–H and O–H groups in total. The molecular formula is C28H30Cl2N4O6S. The van der Waals surface area contributed by atoms with Crippen LogP contribution in [0.1, 0.15) is 32.8 Å². The highest BCUT2D eigenvalue weighted by molar-refractivity contribution is 7.92. The highest BCUT2D eigenvalue weighted by Crippen LogP contribution is 2.28. The van der Waals surface area contributed by atoms with Crippen molar-refractivity contribution in [3.05, 3.63) is 98.5 Å². The fourth-order valence-electron chi connectivity index (χ4n) is 3.89. The Kier molecular flexibility index (Phi) is 10.7. The van der Waals surface area contributed by atoms with E-state index in [4.69, 9.17) is 23.2 Å². The average molecular weight is 622 g/mol. The van der Waals surface area contributed by atoms with E-state index in [0.29, 0.717) is 17.0 Å². The maximum Gasteiger partial charge on any atom is 0.271 e. The van der Waals surface area contributed by atoms with E-state index in [0.717, 1.165) is 10.4 Å². The third-order valence-electron chi connectivity index (χ3n) is 6.44. The number of amides is 2. The minimum Gasteiger partial charge on any atom is -0.352 e. The summed E-state index contributed by atoms with van der Waals surface area (Å²) in [5.74, 6) is -1.14. The highest BCUT2D eigenvalue weighted by Gasteiger charge is 2.33. The zero-order valence-electron chi connectivity index (χ0n) is 22.7. The summed E-state index contributed by atoms with van der Waals surface area (Å²) in [5, 5.41) is 14.9. The molecule has 0 saturated carbocycles. The monoisotopic (exact) mass is 620 g/mol. The minimum atomic E-state index is -4.36. The summed E-state index contributed by atoms with van der Waals surface area (Å²) in [6, 6.07) is 16.0. The van der Waals surface area contributed by atoms with E-state index in [9.17, 15) is 28.1 Å². The van der Waals surface area contributed by atoms with Gasteiger partial charge in [0.1, 0.15) is 12.6 Å². The first-order chi connectivity index (χ1) is 19.3.